The molecule has 1 rings (SSSR count). The van der Waals surface area contributed by atoms with Crippen LogP contribution in [0.5, 0.6) is 0 Å². The molecule has 0 amide bonds. The predicted molar refractivity (Wildman–Crippen MR) is 87.7 cm³/mol. The second-order valence-electron chi connectivity index (χ2n) is 7.04. The third kappa shape index (κ3) is 4.46. The summed E-state index contributed by atoms with van der Waals surface area (Å²) < 4.78 is 0. The predicted octanol–water partition coefficient (Wildman–Crippen LogP) is 5.79. The van der Waals surface area contributed by atoms with E-state index in [4.69, 9.17) is 0 Å². The quantitative estimate of drug-likeness (QED) is 0.444. The highest BCUT2D eigenvalue weighted by Gasteiger charge is 2.37. The van der Waals surface area contributed by atoms with Crippen LogP contribution in [0.15, 0.2) is 12.2 Å². The largest absolute Gasteiger partial charge is 0.299 e. The van der Waals surface area contributed by atoms with Gasteiger partial charge < -0.3 is 0 Å². The van der Waals surface area contributed by atoms with E-state index in [1.807, 2.05) is 0 Å². The number of ketones is 1. The maximum absolute atomic E-state index is 12.8. The van der Waals surface area contributed by atoms with Crippen molar-refractivity contribution in [2.24, 2.45) is 23.2 Å². The molecule has 0 N–H and O–H groups in total. The molecule has 1 saturated carbocycles. The van der Waals surface area contributed by atoms with Crippen LogP contribution in [0.1, 0.15) is 79.6 Å². The molecule has 1 fully saturated rings. The minimum absolute atomic E-state index is 0.300. The Hall–Kier alpha value is -0.590. The minimum atomic E-state index is 0.300. The Labute approximate surface area is 126 Å². The van der Waals surface area contributed by atoms with E-state index < -0.39 is 0 Å². The molecular weight excluding hydrogens is 244 g/mol. The van der Waals surface area contributed by atoms with E-state index in [0.29, 0.717) is 29.0 Å². The van der Waals surface area contributed by atoms with Crippen LogP contribution in [-0.4, -0.2) is 5.78 Å². The fourth-order valence-electron chi connectivity index (χ4n) is 3.72. The van der Waals surface area contributed by atoms with Crippen LogP contribution in [0.2, 0.25) is 0 Å². The van der Waals surface area contributed by atoms with Gasteiger partial charge in [0.1, 0.15) is 5.78 Å². The fraction of sp³-hybridized carbons (Fsp3) is 0.842. The van der Waals surface area contributed by atoms with Gasteiger partial charge in [-0.1, -0.05) is 46.3 Å². The van der Waals surface area contributed by atoms with Crippen molar-refractivity contribution in [2.75, 3.05) is 0 Å². The molecule has 0 aromatic heterocycles. The highest BCUT2D eigenvalue weighted by Crippen LogP contribution is 2.43. The average Bonchev–Trinajstić information content (AvgIpc) is 2.58. The van der Waals surface area contributed by atoms with E-state index in [2.05, 4.69) is 46.8 Å². The molecule has 0 saturated heterocycles. The molecule has 4 unspecified atom stereocenters. The average molecular weight is 278 g/mol. The summed E-state index contributed by atoms with van der Waals surface area (Å²) >= 11 is 0. The molecule has 0 bridgehead atoms. The van der Waals surface area contributed by atoms with Crippen LogP contribution in [0, 0.1) is 23.2 Å². The SMILES string of the molecule is CC=CC(CC)CC1CCC(C)(CC)CC(CC)C1=O. The van der Waals surface area contributed by atoms with Gasteiger partial charge in [0.25, 0.3) is 0 Å². The number of rotatable bonds is 6. The maximum Gasteiger partial charge on any atom is 0.139 e. The maximum atomic E-state index is 12.8. The van der Waals surface area contributed by atoms with Crippen molar-refractivity contribution < 1.29 is 4.79 Å². The number of hydrogen-bond donors (Lipinski definition) is 0. The van der Waals surface area contributed by atoms with Crippen LogP contribution in [0.4, 0.5) is 0 Å². The summed E-state index contributed by atoms with van der Waals surface area (Å²) in [5.74, 6) is 1.75. The van der Waals surface area contributed by atoms with Crippen molar-refractivity contribution in [3.05, 3.63) is 12.2 Å². The summed E-state index contributed by atoms with van der Waals surface area (Å²) in [5, 5.41) is 0. The molecule has 1 aliphatic rings. The zero-order valence-corrected chi connectivity index (χ0v) is 14.2. The monoisotopic (exact) mass is 278 g/mol. The lowest BCUT2D eigenvalue weighted by molar-refractivity contribution is -0.127. The van der Waals surface area contributed by atoms with Crippen molar-refractivity contribution in [1.29, 1.82) is 0 Å². The lowest BCUT2D eigenvalue weighted by Gasteiger charge is -2.28. The van der Waals surface area contributed by atoms with Gasteiger partial charge in [0.05, 0.1) is 0 Å². The lowest BCUT2D eigenvalue weighted by atomic mass is 9.76. The van der Waals surface area contributed by atoms with E-state index in [1.165, 1.54) is 12.8 Å². The molecule has 0 radical (unpaired) electrons. The number of hydrogen-bond acceptors (Lipinski definition) is 1. The smallest absolute Gasteiger partial charge is 0.139 e. The Morgan fingerprint density at radius 1 is 1.30 bits per heavy atom. The van der Waals surface area contributed by atoms with E-state index in [0.717, 1.165) is 32.1 Å². The highest BCUT2D eigenvalue weighted by molar-refractivity contribution is 5.83. The molecule has 116 valence electrons. The third-order valence-corrected chi connectivity index (χ3v) is 5.56. The normalized spacial score (nSPS) is 33.4. The van der Waals surface area contributed by atoms with Crippen LogP contribution < -0.4 is 0 Å². The highest BCUT2D eigenvalue weighted by atomic mass is 16.1. The summed E-state index contributed by atoms with van der Waals surface area (Å²) in [6.45, 7) is 11.2. The standard InChI is InChI=1S/C19H34O/c1-6-10-15(7-2)13-17-11-12-19(5,9-4)14-16(8-3)18(17)20/h6,10,15-17H,7-9,11-14H2,1-5H3. The third-order valence-electron chi connectivity index (χ3n) is 5.56. The number of carbonyl (C=O) groups excluding carboxylic acids is 1. The second-order valence-corrected chi connectivity index (χ2v) is 7.04. The number of allylic oxidation sites excluding steroid dienone is 2. The molecule has 4 atom stereocenters. The Morgan fingerprint density at radius 3 is 2.50 bits per heavy atom. The van der Waals surface area contributed by atoms with Crippen LogP contribution in [0.3, 0.4) is 0 Å². The molecule has 1 aliphatic carbocycles. The summed E-state index contributed by atoms with van der Waals surface area (Å²) in [6, 6.07) is 0. The van der Waals surface area contributed by atoms with Crippen LogP contribution in [0.25, 0.3) is 0 Å². The Morgan fingerprint density at radius 2 is 2.00 bits per heavy atom. The molecule has 1 heteroatoms. The van der Waals surface area contributed by atoms with E-state index >= 15 is 0 Å². The molecular formula is C19H34O. The Bertz CT molecular complexity index is 331. The molecule has 20 heavy (non-hydrogen) atoms. The lowest BCUT2D eigenvalue weighted by Crippen LogP contribution is -2.24. The molecule has 0 heterocycles. The van der Waals surface area contributed by atoms with Gasteiger partial charge in [-0.2, -0.15) is 0 Å². The van der Waals surface area contributed by atoms with Crippen molar-refractivity contribution in [2.45, 2.75) is 79.6 Å². The first-order valence-electron chi connectivity index (χ1n) is 8.66. The van der Waals surface area contributed by atoms with Gasteiger partial charge in [-0.25, -0.2) is 0 Å². The van der Waals surface area contributed by atoms with Crippen molar-refractivity contribution in [3.63, 3.8) is 0 Å². The van der Waals surface area contributed by atoms with Gasteiger partial charge in [-0.15, -0.1) is 0 Å². The van der Waals surface area contributed by atoms with Crippen molar-refractivity contribution in [3.8, 4) is 0 Å². The summed E-state index contributed by atoms with van der Waals surface area (Å²) in [4.78, 5) is 12.8. The summed E-state index contributed by atoms with van der Waals surface area (Å²) in [6.07, 6.45) is 12.3. The minimum Gasteiger partial charge on any atom is -0.299 e. The first kappa shape index (κ1) is 17.5. The van der Waals surface area contributed by atoms with Gasteiger partial charge >= 0.3 is 0 Å². The zero-order chi connectivity index (χ0) is 15.2. The molecule has 1 nitrogen and oxygen atoms in total. The van der Waals surface area contributed by atoms with E-state index in [9.17, 15) is 4.79 Å². The van der Waals surface area contributed by atoms with Gasteiger partial charge in [0, 0.05) is 11.8 Å². The van der Waals surface area contributed by atoms with Gasteiger partial charge in [0.2, 0.25) is 0 Å². The first-order valence-corrected chi connectivity index (χ1v) is 8.66. The second kappa shape index (κ2) is 8.00. The summed E-state index contributed by atoms with van der Waals surface area (Å²) in [5.41, 5.74) is 0.382. The molecule has 0 spiro atoms. The van der Waals surface area contributed by atoms with Gasteiger partial charge in [0.15, 0.2) is 0 Å². The van der Waals surface area contributed by atoms with Gasteiger partial charge in [-0.05, 0) is 56.8 Å². The first-order chi connectivity index (χ1) is 9.49. The molecule has 0 aromatic carbocycles. The number of carbonyl (C=O) groups is 1. The van der Waals surface area contributed by atoms with Crippen molar-refractivity contribution >= 4 is 5.78 Å². The van der Waals surface area contributed by atoms with Crippen molar-refractivity contribution in [1.82, 2.24) is 0 Å². The Balaban J connectivity index is 2.83. The summed E-state index contributed by atoms with van der Waals surface area (Å²) in [7, 11) is 0. The topological polar surface area (TPSA) is 17.1 Å². The molecule has 0 aromatic rings. The van der Waals surface area contributed by atoms with Gasteiger partial charge in [-0.3, -0.25) is 4.79 Å². The van der Waals surface area contributed by atoms with Crippen LogP contribution in [-0.2, 0) is 4.79 Å². The zero-order valence-electron chi connectivity index (χ0n) is 14.2. The molecule has 0 aliphatic heterocycles. The van der Waals surface area contributed by atoms with E-state index in [-0.39, 0.29) is 0 Å². The fourth-order valence-corrected chi connectivity index (χ4v) is 3.72. The Kier molecular flexibility index (Phi) is 6.99. The van der Waals surface area contributed by atoms with E-state index in [1.54, 1.807) is 0 Å². The number of Topliss-reactive ketones (excluding diaryl/α,β-unsaturated/α-hetero) is 1. The van der Waals surface area contributed by atoms with Crippen LogP contribution >= 0.6 is 0 Å².